The lowest BCUT2D eigenvalue weighted by molar-refractivity contribution is -0.154. The van der Waals surface area contributed by atoms with E-state index in [4.69, 9.17) is 0 Å². The van der Waals surface area contributed by atoms with Crippen molar-refractivity contribution in [3.8, 4) is 17.0 Å². The van der Waals surface area contributed by atoms with Crippen molar-refractivity contribution in [2.45, 2.75) is 13.1 Å². The molecule has 0 bridgehead atoms. The highest BCUT2D eigenvalue weighted by Gasteiger charge is 2.29. The van der Waals surface area contributed by atoms with Crippen molar-refractivity contribution in [1.82, 2.24) is 19.8 Å². The first kappa shape index (κ1) is 15.2. The Balaban J connectivity index is 1.92. The minimum absolute atomic E-state index is 0.411. The van der Waals surface area contributed by atoms with Gasteiger partial charge in [0.25, 0.3) is 5.88 Å². The van der Waals surface area contributed by atoms with Crippen LogP contribution in [0.5, 0.6) is 5.88 Å². The number of pyridine rings is 2. The summed E-state index contributed by atoms with van der Waals surface area (Å²) >= 11 is 0. The van der Waals surface area contributed by atoms with E-state index in [1.807, 2.05) is 0 Å². The number of nitrogens with zero attached hydrogens (tertiary/aromatic N) is 4. The standard InChI is InChI=1S/C14H10F4N4O/c1-8-2-9(3-11-6-20-21-22(8)11)10-4-12(15)13(19-5-10)23-7-14(16,17)18/h2-6H,7H2,1H3. The van der Waals surface area contributed by atoms with Crippen LogP contribution in [0.1, 0.15) is 5.69 Å². The summed E-state index contributed by atoms with van der Waals surface area (Å²) in [6, 6.07) is 4.54. The minimum atomic E-state index is -4.55. The Labute approximate surface area is 127 Å². The third kappa shape index (κ3) is 3.22. The Hall–Kier alpha value is -2.71. The number of aromatic nitrogens is 4. The van der Waals surface area contributed by atoms with Crippen LogP contribution < -0.4 is 4.74 Å². The molecule has 3 aromatic heterocycles. The molecule has 0 aliphatic carbocycles. The molecule has 9 heteroatoms. The summed E-state index contributed by atoms with van der Waals surface area (Å²) in [5.41, 5.74) is 2.53. The first-order valence-electron chi connectivity index (χ1n) is 6.50. The number of fused-ring (bicyclic) bond motifs is 1. The Morgan fingerprint density at radius 3 is 2.61 bits per heavy atom. The van der Waals surface area contributed by atoms with Gasteiger partial charge in [-0.15, -0.1) is 5.10 Å². The smallest absolute Gasteiger partial charge is 0.422 e. The van der Waals surface area contributed by atoms with E-state index in [1.54, 1.807) is 29.8 Å². The van der Waals surface area contributed by atoms with Gasteiger partial charge in [-0.25, -0.2) is 13.9 Å². The van der Waals surface area contributed by atoms with E-state index in [1.165, 1.54) is 6.20 Å². The molecule has 0 amide bonds. The van der Waals surface area contributed by atoms with Crippen molar-refractivity contribution in [3.05, 3.63) is 42.1 Å². The molecule has 0 aromatic carbocycles. The van der Waals surface area contributed by atoms with Crippen LogP contribution in [0, 0.1) is 12.7 Å². The molecule has 0 radical (unpaired) electrons. The van der Waals surface area contributed by atoms with Crippen LogP contribution in [0.3, 0.4) is 0 Å². The van der Waals surface area contributed by atoms with Gasteiger partial charge in [0.15, 0.2) is 12.4 Å². The summed E-state index contributed by atoms with van der Waals surface area (Å²) in [7, 11) is 0. The molecule has 120 valence electrons. The average Bonchev–Trinajstić information content (AvgIpc) is 2.94. The predicted octanol–water partition coefficient (Wildman–Crippen LogP) is 3.18. The number of halogens is 4. The fourth-order valence-electron chi connectivity index (χ4n) is 2.11. The molecule has 0 N–H and O–H groups in total. The molecule has 3 aromatic rings. The van der Waals surface area contributed by atoms with Crippen LogP contribution in [-0.4, -0.2) is 32.6 Å². The molecular formula is C14H10F4N4O. The number of ether oxygens (including phenoxy) is 1. The van der Waals surface area contributed by atoms with E-state index in [2.05, 4.69) is 20.0 Å². The maximum Gasteiger partial charge on any atom is 0.422 e. The molecule has 3 rings (SSSR count). The zero-order chi connectivity index (χ0) is 16.6. The number of hydrogen-bond acceptors (Lipinski definition) is 4. The van der Waals surface area contributed by atoms with E-state index in [9.17, 15) is 17.6 Å². The van der Waals surface area contributed by atoms with Gasteiger partial charge in [-0.05, 0) is 30.7 Å². The van der Waals surface area contributed by atoms with Gasteiger partial charge in [0.2, 0.25) is 0 Å². The van der Waals surface area contributed by atoms with E-state index in [0.29, 0.717) is 16.6 Å². The van der Waals surface area contributed by atoms with E-state index >= 15 is 0 Å². The van der Waals surface area contributed by atoms with Gasteiger partial charge >= 0.3 is 6.18 Å². The lowest BCUT2D eigenvalue weighted by Crippen LogP contribution is -2.20. The normalized spacial score (nSPS) is 11.9. The van der Waals surface area contributed by atoms with Crippen LogP contribution >= 0.6 is 0 Å². The first-order valence-corrected chi connectivity index (χ1v) is 6.50. The highest BCUT2D eigenvalue weighted by Crippen LogP contribution is 2.26. The molecule has 0 saturated heterocycles. The Morgan fingerprint density at radius 1 is 1.13 bits per heavy atom. The van der Waals surface area contributed by atoms with Gasteiger partial charge < -0.3 is 4.74 Å². The Bertz CT molecular complexity index is 860. The Morgan fingerprint density at radius 2 is 1.91 bits per heavy atom. The SMILES string of the molecule is Cc1cc(-c2cnc(OCC(F)(F)F)c(F)c2)cc2cnnn12. The van der Waals surface area contributed by atoms with Crippen LogP contribution in [0.4, 0.5) is 17.6 Å². The Kier molecular flexibility index (Phi) is 3.63. The maximum atomic E-state index is 13.9. The van der Waals surface area contributed by atoms with E-state index < -0.39 is 24.5 Å². The molecule has 0 saturated carbocycles. The molecule has 0 spiro atoms. The quantitative estimate of drug-likeness (QED) is 0.694. The first-order chi connectivity index (χ1) is 10.8. The summed E-state index contributed by atoms with van der Waals surface area (Å²) in [6.07, 6.45) is -1.76. The summed E-state index contributed by atoms with van der Waals surface area (Å²) in [5, 5.41) is 7.66. The highest BCUT2D eigenvalue weighted by atomic mass is 19.4. The van der Waals surface area contributed by atoms with Crippen molar-refractivity contribution in [3.63, 3.8) is 0 Å². The van der Waals surface area contributed by atoms with E-state index in [-0.39, 0.29) is 0 Å². The third-order valence-corrected chi connectivity index (χ3v) is 3.09. The molecule has 0 aliphatic rings. The van der Waals surface area contributed by atoms with Crippen molar-refractivity contribution < 1.29 is 22.3 Å². The average molecular weight is 326 g/mol. The van der Waals surface area contributed by atoms with Gasteiger partial charge in [-0.2, -0.15) is 13.2 Å². The molecule has 23 heavy (non-hydrogen) atoms. The summed E-state index contributed by atoms with van der Waals surface area (Å²) in [6.45, 7) is 0.207. The monoisotopic (exact) mass is 326 g/mol. The second-order valence-corrected chi connectivity index (χ2v) is 4.87. The molecule has 3 heterocycles. The van der Waals surface area contributed by atoms with Gasteiger partial charge in [0.05, 0.1) is 11.7 Å². The molecule has 0 unspecified atom stereocenters. The van der Waals surface area contributed by atoms with Crippen molar-refractivity contribution in [1.29, 1.82) is 0 Å². The molecule has 0 fully saturated rings. The molecule has 0 aliphatic heterocycles. The van der Waals surface area contributed by atoms with Crippen LogP contribution in [-0.2, 0) is 0 Å². The summed E-state index contributed by atoms with van der Waals surface area (Å²) in [5.74, 6) is -1.65. The minimum Gasteiger partial charge on any atom is -0.466 e. The number of aryl methyl sites for hydroxylation is 1. The molecule has 5 nitrogen and oxygen atoms in total. The van der Waals surface area contributed by atoms with Gasteiger partial charge in [-0.3, -0.25) is 0 Å². The second kappa shape index (κ2) is 5.49. The largest absolute Gasteiger partial charge is 0.466 e. The second-order valence-electron chi connectivity index (χ2n) is 4.87. The van der Waals surface area contributed by atoms with Crippen LogP contribution in [0.2, 0.25) is 0 Å². The van der Waals surface area contributed by atoms with Gasteiger partial charge in [0.1, 0.15) is 0 Å². The highest BCUT2D eigenvalue weighted by molar-refractivity contribution is 5.68. The fraction of sp³-hybridized carbons (Fsp3) is 0.214. The van der Waals surface area contributed by atoms with Gasteiger partial charge in [-0.1, -0.05) is 5.21 Å². The number of hydrogen-bond donors (Lipinski definition) is 0. The van der Waals surface area contributed by atoms with E-state index in [0.717, 1.165) is 11.8 Å². The zero-order valence-corrected chi connectivity index (χ0v) is 11.8. The van der Waals surface area contributed by atoms with Gasteiger partial charge in [0, 0.05) is 17.5 Å². The lowest BCUT2D eigenvalue weighted by Gasteiger charge is -2.10. The zero-order valence-electron chi connectivity index (χ0n) is 11.8. The van der Waals surface area contributed by atoms with Crippen LogP contribution in [0.15, 0.2) is 30.6 Å². The topological polar surface area (TPSA) is 52.3 Å². The van der Waals surface area contributed by atoms with Crippen molar-refractivity contribution in [2.75, 3.05) is 6.61 Å². The third-order valence-electron chi connectivity index (χ3n) is 3.09. The van der Waals surface area contributed by atoms with Crippen LogP contribution in [0.25, 0.3) is 16.6 Å². The molecular weight excluding hydrogens is 316 g/mol. The summed E-state index contributed by atoms with van der Waals surface area (Å²) < 4.78 is 56.1. The summed E-state index contributed by atoms with van der Waals surface area (Å²) in [4.78, 5) is 3.62. The van der Waals surface area contributed by atoms with Crippen molar-refractivity contribution >= 4 is 5.52 Å². The predicted molar refractivity (Wildman–Crippen MR) is 72.5 cm³/mol. The fourth-order valence-corrected chi connectivity index (χ4v) is 2.11. The molecule has 0 atom stereocenters. The van der Waals surface area contributed by atoms with Crippen molar-refractivity contribution in [2.24, 2.45) is 0 Å². The number of alkyl halides is 3. The maximum absolute atomic E-state index is 13.9. The lowest BCUT2D eigenvalue weighted by atomic mass is 10.1. The number of rotatable bonds is 3.